The molecule has 3 saturated carbocycles. The van der Waals surface area contributed by atoms with Gasteiger partial charge in [0, 0.05) is 10.8 Å². The van der Waals surface area contributed by atoms with E-state index in [9.17, 15) is 24.9 Å². The SMILES string of the molecule is CC1C[C@H]2[C@@H]3C[C@H](F)C4=CC(=O)C=C[C@]4(C)[C@@]3(Cl)C(O)C[C@]2(C)[C@@]1(O)C(=O)CO. The van der Waals surface area contributed by atoms with Gasteiger partial charge in [0.25, 0.3) is 0 Å². The van der Waals surface area contributed by atoms with Crippen LogP contribution in [-0.4, -0.2) is 56.2 Å². The number of hydrogen-bond donors (Lipinski definition) is 3. The predicted octanol–water partition coefficient (Wildman–Crippen LogP) is 2.11. The molecule has 0 amide bonds. The second kappa shape index (κ2) is 6.22. The molecule has 29 heavy (non-hydrogen) atoms. The van der Waals surface area contributed by atoms with Crippen LogP contribution in [-0.2, 0) is 9.59 Å². The molecule has 3 N–H and O–H groups in total. The first-order chi connectivity index (χ1) is 13.4. The van der Waals surface area contributed by atoms with Gasteiger partial charge in [-0.25, -0.2) is 4.39 Å². The Morgan fingerprint density at radius 1 is 1.31 bits per heavy atom. The molecule has 3 fully saturated rings. The summed E-state index contributed by atoms with van der Waals surface area (Å²) in [6.07, 6.45) is 2.21. The summed E-state index contributed by atoms with van der Waals surface area (Å²) in [5, 5.41) is 32.3. The number of ketones is 2. The van der Waals surface area contributed by atoms with Gasteiger partial charge in [-0.2, -0.15) is 0 Å². The van der Waals surface area contributed by atoms with Gasteiger partial charge in [0.15, 0.2) is 11.6 Å². The minimum Gasteiger partial charge on any atom is -0.391 e. The van der Waals surface area contributed by atoms with Crippen molar-refractivity contribution in [3.05, 3.63) is 23.8 Å². The lowest BCUT2D eigenvalue weighted by Gasteiger charge is -2.64. The molecular weight excluding hydrogens is 399 g/mol. The van der Waals surface area contributed by atoms with E-state index in [-0.39, 0.29) is 30.1 Å². The van der Waals surface area contributed by atoms with E-state index in [0.717, 1.165) is 0 Å². The van der Waals surface area contributed by atoms with Gasteiger partial charge in [0.2, 0.25) is 0 Å². The summed E-state index contributed by atoms with van der Waals surface area (Å²) < 4.78 is 15.3. The van der Waals surface area contributed by atoms with E-state index in [4.69, 9.17) is 11.6 Å². The van der Waals surface area contributed by atoms with Crippen molar-refractivity contribution in [2.75, 3.05) is 6.61 Å². The number of halogens is 2. The van der Waals surface area contributed by atoms with Gasteiger partial charge in [0.1, 0.15) is 18.4 Å². The Morgan fingerprint density at radius 2 is 1.97 bits per heavy atom. The van der Waals surface area contributed by atoms with Crippen molar-refractivity contribution in [1.82, 2.24) is 0 Å². The number of alkyl halides is 2. The normalized spacial score (nSPS) is 53.7. The second-order valence-corrected chi connectivity index (χ2v) is 10.5. The summed E-state index contributed by atoms with van der Waals surface area (Å²) in [6, 6.07) is 0. The van der Waals surface area contributed by atoms with Crippen LogP contribution in [0.25, 0.3) is 0 Å². The van der Waals surface area contributed by atoms with Crippen LogP contribution in [0.1, 0.15) is 40.0 Å². The lowest BCUT2D eigenvalue weighted by Crippen LogP contribution is -2.70. The topological polar surface area (TPSA) is 94.8 Å². The van der Waals surface area contributed by atoms with Crippen LogP contribution in [0.5, 0.6) is 0 Å². The third-order valence-electron chi connectivity index (χ3n) is 8.78. The Labute approximate surface area is 174 Å². The van der Waals surface area contributed by atoms with Crippen molar-refractivity contribution in [2.24, 2.45) is 28.6 Å². The first-order valence-electron chi connectivity index (χ1n) is 10.2. The van der Waals surface area contributed by atoms with E-state index in [1.165, 1.54) is 12.2 Å². The maximum atomic E-state index is 15.3. The molecule has 0 bridgehead atoms. The molecule has 160 valence electrons. The average Bonchev–Trinajstić information content (AvgIpc) is 2.86. The molecule has 0 aromatic rings. The van der Waals surface area contributed by atoms with Gasteiger partial charge in [-0.05, 0) is 54.7 Å². The number of carbonyl (C=O) groups is 2. The quantitative estimate of drug-likeness (QED) is 0.588. The Balaban J connectivity index is 1.87. The third-order valence-corrected chi connectivity index (χ3v) is 9.70. The smallest absolute Gasteiger partial charge is 0.190 e. The first kappa shape index (κ1) is 21.2. The molecule has 0 aromatic heterocycles. The largest absolute Gasteiger partial charge is 0.391 e. The summed E-state index contributed by atoms with van der Waals surface area (Å²) in [4.78, 5) is 23.2. The minimum absolute atomic E-state index is 0.0134. The molecule has 4 aliphatic carbocycles. The van der Waals surface area contributed by atoms with Gasteiger partial charge in [-0.1, -0.05) is 26.8 Å². The molecule has 4 aliphatic rings. The Bertz CT molecular complexity index is 841. The Kier molecular flexibility index (Phi) is 4.54. The number of carbonyl (C=O) groups excluding carboxylic acids is 2. The summed E-state index contributed by atoms with van der Waals surface area (Å²) in [5.74, 6) is -2.27. The highest BCUT2D eigenvalue weighted by Crippen LogP contribution is 2.71. The molecule has 0 heterocycles. The fourth-order valence-corrected chi connectivity index (χ4v) is 7.74. The maximum Gasteiger partial charge on any atom is 0.190 e. The van der Waals surface area contributed by atoms with Crippen LogP contribution >= 0.6 is 11.6 Å². The molecule has 9 atom stereocenters. The molecule has 7 heteroatoms. The molecule has 0 radical (unpaired) electrons. The van der Waals surface area contributed by atoms with Crippen LogP contribution < -0.4 is 0 Å². The maximum absolute atomic E-state index is 15.3. The molecule has 0 aliphatic heterocycles. The average molecular weight is 427 g/mol. The highest BCUT2D eigenvalue weighted by molar-refractivity contribution is 6.26. The van der Waals surface area contributed by atoms with Gasteiger partial charge in [-0.3, -0.25) is 9.59 Å². The van der Waals surface area contributed by atoms with Gasteiger partial charge in [0.05, 0.1) is 11.0 Å². The van der Waals surface area contributed by atoms with Crippen molar-refractivity contribution < 1.29 is 29.3 Å². The van der Waals surface area contributed by atoms with E-state index in [2.05, 4.69) is 0 Å². The molecule has 0 aromatic carbocycles. The van der Waals surface area contributed by atoms with Gasteiger partial charge in [-0.15, -0.1) is 11.6 Å². The fourth-order valence-electron chi connectivity index (χ4n) is 7.25. The van der Waals surface area contributed by atoms with E-state index in [1.54, 1.807) is 26.8 Å². The molecule has 4 rings (SSSR count). The number of aliphatic hydroxyl groups is 3. The predicted molar refractivity (Wildman–Crippen MR) is 105 cm³/mol. The lowest BCUT2D eigenvalue weighted by molar-refractivity contribution is -0.181. The van der Waals surface area contributed by atoms with Crippen LogP contribution in [0, 0.1) is 28.6 Å². The summed E-state index contributed by atoms with van der Waals surface area (Å²) >= 11 is 7.20. The molecule has 0 saturated heterocycles. The van der Waals surface area contributed by atoms with Crippen molar-refractivity contribution in [3.63, 3.8) is 0 Å². The lowest BCUT2D eigenvalue weighted by atomic mass is 9.45. The second-order valence-electron chi connectivity index (χ2n) is 9.84. The zero-order chi connectivity index (χ0) is 21.6. The zero-order valence-corrected chi connectivity index (χ0v) is 17.6. The Hall–Kier alpha value is -1.08. The van der Waals surface area contributed by atoms with Crippen molar-refractivity contribution in [2.45, 2.75) is 62.8 Å². The summed E-state index contributed by atoms with van der Waals surface area (Å²) in [7, 11) is 0. The molecule has 0 spiro atoms. The van der Waals surface area contributed by atoms with Crippen molar-refractivity contribution in [3.8, 4) is 0 Å². The number of Topliss-reactive ketones (excluding diaryl/α,β-unsaturated/α-hetero) is 1. The molecule has 5 nitrogen and oxygen atoms in total. The van der Waals surface area contributed by atoms with E-state index < -0.39 is 57.8 Å². The van der Waals surface area contributed by atoms with Crippen LogP contribution in [0.4, 0.5) is 4.39 Å². The highest BCUT2D eigenvalue weighted by Gasteiger charge is 2.75. The van der Waals surface area contributed by atoms with E-state index in [1.807, 2.05) is 0 Å². The number of rotatable bonds is 2. The van der Waals surface area contributed by atoms with Crippen LogP contribution in [0.3, 0.4) is 0 Å². The minimum atomic E-state index is -1.81. The fraction of sp³-hybridized carbons (Fsp3) is 0.727. The van der Waals surface area contributed by atoms with Gasteiger partial charge >= 0.3 is 0 Å². The van der Waals surface area contributed by atoms with Crippen LogP contribution in [0.15, 0.2) is 23.8 Å². The van der Waals surface area contributed by atoms with Gasteiger partial charge < -0.3 is 15.3 Å². The van der Waals surface area contributed by atoms with Crippen molar-refractivity contribution in [1.29, 1.82) is 0 Å². The highest BCUT2D eigenvalue weighted by atomic mass is 35.5. The number of aliphatic hydroxyl groups excluding tert-OH is 2. The van der Waals surface area contributed by atoms with Crippen molar-refractivity contribution >= 4 is 23.2 Å². The molecule has 2 unspecified atom stereocenters. The number of hydrogen-bond acceptors (Lipinski definition) is 5. The summed E-state index contributed by atoms with van der Waals surface area (Å²) in [5.41, 5.74) is -3.63. The van der Waals surface area contributed by atoms with E-state index in [0.29, 0.717) is 6.42 Å². The third kappa shape index (κ3) is 2.26. The van der Waals surface area contributed by atoms with E-state index >= 15 is 4.39 Å². The molecular formula is C22H28ClFO5. The van der Waals surface area contributed by atoms with Crippen LogP contribution in [0.2, 0.25) is 0 Å². The number of allylic oxidation sites excluding steroid dienone is 4. The number of fused-ring (bicyclic) bond motifs is 5. The Morgan fingerprint density at radius 3 is 2.59 bits per heavy atom. The zero-order valence-electron chi connectivity index (χ0n) is 16.9. The first-order valence-corrected chi connectivity index (χ1v) is 10.6. The summed E-state index contributed by atoms with van der Waals surface area (Å²) in [6.45, 7) is 4.46. The monoisotopic (exact) mass is 426 g/mol. The standard InChI is InChI=1S/C22H28ClFO5/c1-11-6-13-14-8-16(24)15-7-12(26)4-5-19(15,2)21(14,23)17(27)9-20(13,3)22(11,29)18(28)10-25/h4-5,7,11,13-14,16-17,25,27,29H,6,8-10H2,1-3H3/t11?,13-,14-,16-,17?,19-,20-,21-,22-/m0/s1.